The highest BCUT2D eigenvalue weighted by Crippen LogP contribution is 1.90. The fraction of sp³-hybridized carbons (Fsp3) is 0.286. The second-order valence-corrected chi connectivity index (χ2v) is 2.19. The lowest BCUT2D eigenvalue weighted by molar-refractivity contribution is 0.838. The lowest BCUT2D eigenvalue weighted by Gasteiger charge is -1.98. The molecule has 1 rings (SSSR count). The van der Waals surface area contributed by atoms with E-state index in [0.29, 0.717) is 6.54 Å². The standard InChI is InChI=1S/C7H10N2O/c1-9-5-6(4-8)2-3-7(9)10/h2-3,5H,4,8H2,1H3. The maximum Gasteiger partial charge on any atom is 0.250 e. The van der Waals surface area contributed by atoms with Crippen molar-refractivity contribution in [2.45, 2.75) is 6.54 Å². The molecule has 2 N–H and O–H groups in total. The molecule has 0 fully saturated rings. The van der Waals surface area contributed by atoms with Crippen LogP contribution in [0.5, 0.6) is 0 Å². The molecule has 0 saturated carbocycles. The van der Waals surface area contributed by atoms with Crippen LogP contribution in [-0.2, 0) is 13.6 Å². The van der Waals surface area contributed by atoms with E-state index >= 15 is 0 Å². The molecular formula is C7H10N2O. The number of pyridine rings is 1. The van der Waals surface area contributed by atoms with Gasteiger partial charge in [-0.05, 0) is 5.56 Å². The van der Waals surface area contributed by atoms with Gasteiger partial charge in [0.15, 0.2) is 0 Å². The third kappa shape index (κ3) is 1.25. The van der Waals surface area contributed by atoms with E-state index in [2.05, 4.69) is 0 Å². The van der Waals surface area contributed by atoms with Crippen LogP contribution in [0.15, 0.2) is 23.1 Å². The van der Waals surface area contributed by atoms with E-state index in [1.165, 1.54) is 10.6 Å². The number of rotatable bonds is 1. The predicted octanol–water partition coefficient (Wildman–Crippen LogP) is -0.156. The van der Waals surface area contributed by atoms with Crippen LogP contribution in [-0.4, -0.2) is 4.57 Å². The Bertz CT molecular complexity index is 277. The van der Waals surface area contributed by atoms with Crippen molar-refractivity contribution in [2.75, 3.05) is 0 Å². The first-order chi connectivity index (χ1) is 4.74. The van der Waals surface area contributed by atoms with Gasteiger partial charge in [-0.15, -0.1) is 0 Å². The first kappa shape index (κ1) is 7.02. The summed E-state index contributed by atoms with van der Waals surface area (Å²) in [7, 11) is 1.71. The maximum absolute atomic E-state index is 10.8. The SMILES string of the molecule is Cn1cc(CN)ccc1=O. The molecule has 0 aliphatic heterocycles. The number of hydrogen-bond acceptors (Lipinski definition) is 2. The second-order valence-electron chi connectivity index (χ2n) is 2.19. The molecule has 0 spiro atoms. The monoisotopic (exact) mass is 138 g/mol. The molecule has 0 amide bonds. The average Bonchev–Trinajstić information content (AvgIpc) is 1.95. The Morgan fingerprint density at radius 2 is 2.30 bits per heavy atom. The molecule has 3 heteroatoms. The predicted molar refractivity (Wildman–Crippen MR) is 39.6 cm³/mol. The number of nitrogens with two attached hydrogens (primary N) is 1. The van der Waals surface area contributed by atoms with Crippen LogP contribution in [0.4, 0.5) is 0 Å². The van der Waals surface area contributed by atoms with Crippen LogP contribution in [0, 0.1) is 0 Å². The first-order valence-electron chi connectivity index (χ1n) is 3.09. The lowest BCUT2D eigenvalue weighted by atomic mass is 10.3. The summed E-state index contributed by atoms with van der Waals surface area (Å²) >= 11 is 0. The maximum atomic E-state index is 10.8. The largest absolute Gasteiger partial charge is 0.326 e. The van der Waals surface area contributed by atoms with Crippen molar-refractivity contribution >= 4 is 0 Å². The van der Waals surface area contributed by atoms with Crippen molar-refractivity contribution in [3.05, 3.63) is 34.2 Å². The number of nitrogens with zero attached hydrogens (tertiary/aromatic N) is 1. The Labute approximate surface area is 59.1 Å². The lowest BCUT2D eigenvalue weighted by Crippen LogP contribution is -2.15. The van der Waals surface area contributed by atoms with Crippen molar-refractivity contribution in [3.63, 3.8) is 0 Å². The van der Waals surface area contributed by atoms with Crippen LogP contribution >= 0.6 is 0 Å². The Morgan fingerprint density at radius 3 is 2.80 bits per heavy atom. The molecule has 10 heavy (non-hydrogen) atoms. The van der Waals surface area contributed by atoms with Crippen LogP contribution in [0.3, 0.4) is 0 Å². The molecule has 3 nitrogen and oxygen atoms in total. The normalized spacial score (nSPS) is 9.80. The van der Waals surface area contributed by atoms with Crippen molar-refractivity contribution in [1.82, 2.24) is 4.57 Å². The quantitative estimate of drug-likeness (QED) is 0.586. The molecule has 0 aliphatic rings. The summed E-state index contributed by atoms with van der Waals surface area (Å²) < 4.78 is 1.52. The smallest absolute Gasteiger partial charge is 0.250 e. The van der Waals surface area contributed by atoms with E-state index in [1.807, 2.05) is 0 Å². The van der Waals surface area contributed by atoms with Crippen molar-refractivity contribution < 1.29 is 0 Å². The van der Waals surface area contributed by atoms with Gasteiger partial charge in [-0.25, -0.2) is 0 Å². The van der Waals surface area contributed by atoms with Crippen LogP contribution in [0.25, 0.3) is 0 Å². The van der Waals surface area contributed by atoms with E-state index in [-0.39, 0.29) is 5.56 Å². The third-order valence-electron chi connectivity index (χ3n) is 1.38. The van der Waals surface area contributed by atoms with Crippen molar-refractivity contribution in [3.8, 4) is 0 Å². The molecule has 0 aliphatic carbocycles. The summed E-state index contributed by atoms with van der Waals surface area (Å²) in [6.45, 7) is 0.480. The number of hydrogen-bond donors (Lipinski definition) is 1. The summed E-state index contributed by atoms with van der Waals surface area (Å²) in [6.07, 6.45) is 1.74. The van der Waals surface area contributed by atoms with Gasteiger partial charge in [0, 0.05) is 25.9 Å². The van der Waals surface area contributed by atoms with Gasteiger partial charge in [0.2, 0.25) is 5.56 Å². The molecule has 1 aromatic heterocycles. The molecule has 0 radical (unpaired) electrons. The molecule has 0 saturated heterocycles. The van der Waals surface area contributed by atoms with Crippen molar-refractivity contribution in [1.29, 1.82) is 0 Å². The summed E-state index contributed by atoms with van der Waals surface area (Å²) in [6, 6.07) is 3.25. The van der Waals surface area contributed by atoms with Gasteiger partial charge in [-0.1, -0.05) is 6.07 Å². The Kier molecular flexibility index (Phi) is 1.87. The van der Waals surface area contributed by atoms with Gasteiger partial charge >= 0.3 is 0 Å². The van der Waals surface area contributed by atoms with Crippen LogP contribution in [0.2, 0.25) is 0 Å². The van der Waals surface area contributed by atoms with E-state index in [4.69, 9.17) is 5.73 Å². The van der Waals surface area contributed by atoms with Gasteiger partial charge in [-0.3, -0.25) is 4.79 Å². The zero-order chi connectivity index (χ0) is 7.56. The summed E-state index contributed by atoms with van der Waals surface area (Å²) in [4.78, 5) is 10.8. The second kappa shape index (κ2) is 2.66. The summed E-state index contributed by atoms with van der Waals surface area (Å²) in [5.41, 5.74) is 6.32. The molecule has 54 valence electrons. The van der Waals surface area contributed by atoms with Crippen molar-refractivity contribution in [2.24, 2.45) is 12.8 Å². The molecule has 0 atom stereocenters. The Morgan fingerprint density at radius 1 is 1.60 bits per heavy atom. The topological polar surface area (TPSA) is 48.0 Å². The zero-order valence-corrected chi connectivity index (χ0v) is 5.87. The fourth-order valence-electron chi connectivity index (χ4n) is 0.772. The first-order valence-corrected chi connectivity index (χ1v) is 3.09. The van der Waals surface area contributed by atoms with E-state index in [9.17, 15) is 4.79 Å². The van der Waals surface area contributed by atoms with Crippen LogP contribution < -0.4 is 11.3 Å². The van der Waals surface area contributed by atoms with E-state index < -0.39 is 0 Å². The van der Waals surface area contributed by atoms with Gasteiger partial charge < -0.3 is 10.3 Å². The average molecular weight is 138 g/mol. The van der Waals surface area contributed by atoms with E-state index in [0.717, 1.165) is 5.56 Å². The minimum atomic E-state index is -0.00259. The minimum Gasteiger partial charge on any atom is -0.326 e. The van der Waals surface area contributed by atoms with Gasteiger partial charge in [0.25, 0.3) is 0 Å². The highest BCUT2D eigenvalue weighted by Gasteiger charge is 1.90. The van der Waals surface area contributed by atoms with Gasteiger partial charge in [-0.2, -0.15) is 0 Å². The van der Waals surface area contributed by atoms with Gasteiger partial charge in [0.1, 0.15) is 0 Å². The highest BCUT2D eigenvalue weighted by atomic mass is 16.1. The Hall–Kier alpha value is -1.09. The zero-order valence-electron chi connectivity index (χ0n) is 5.87. The van der Waals surface area contributed by atoms with Crippen LogP contribution in [0.1, 0.15) is 5.56 Å². The van der Waals surface area contributed by atoms with E-state index in [1.54, 1.807) is 19.3 Å². The third-order valence-corrected chi connectivity index (χ3v) is 1.38. The highest BCUT2D eigenvalue weighted by molar-refractivity contribution is 5.08. The minimum absolute atomic E-state index is 0.00259. The molecule has 1 aromatic rings. The molecule has 1 heterocycles. The number of aryl methyl sites for hydroxylation is 1. The summed E-state index contributed by atoms with van der Waals surface area (Å²) in [5.74, 6) is 0. The summed E-state index contributed by atoms with van der Waals surface area (Å²) in [5, 5.41) is 0. The fourth-order valence-corrected chi connectivity index (χ4v) is 0.772. The molecule has 0 aromatic carbocycles. The molecule has 0 unspecified atom stereocenters. The van der Waals surface area contributed by atoms with Gasteiger partial charge in [0.05, 0.1) is 0 Å². The Balaban J connectivity index is 3.17. The molecular weight excluding hydrogens is 128 g/mol. The number of aromatic nitrogens is 1. The molecule has 0 bridgehead atoms.